The second-order valence-electron chi connectivity index (χ2n) is 5.52. The first-order chi connectivity index (χ1) is 9.32. The highest BCUT2D eigenvalue weighted by Gasteiger charge is 2.31. The van der Waals surface area contributed by atoms with Crippen LogP contribution in [0.5, 0.6) is 0 Å². The summed E-state index contributed by atoms with van der Waals surface area (Å²) in [6.07, 6.45) is 4.28. The smallest absolute Gasteiger partial charge is 0.240 e. The van der Waals surface area contributed by atoms with Crippen LogP contribution in [0.15, 0.2) is 23.1 Å². The molecule has 0 unspecified atom stereocenters. The Kier molecular flexibility index (Phi) is 4.74. The lowest BCUT2D eigenvalue weighted by molar-refractivity contribution is 0.00945. The zero-order valence-corrected chi connectivity index (χ0v) is 13.1. The largest absolute Gasteiger partial charge is 0.389 e. The van der Waals surface area contributed by atoms with Crippen LogP contribution in [0.3, 0.4) is 0 Å². The van der Waals surface area contributed by atoms with Crippen molar-refractivity contribution in [3.63, 3.8) is 0 Å². The fourth-order valence-corrected chi connectivity index (χ4v) is 4.18. The van der Waals surface area contributed by atoms with E-state index in [-0.39, 0.29) is 11.4 Å². The van der Waals surface area contributed by atoms with Crippen LogP contribution in [0.2, 0.25) is 5.02 Å². The molecule has 0 spiro atoms. The van der Waals surface area contributed by atoms with Gasteiger partial charge in [-0.3, -0.25) is 0 Å². The number of aryl methyl sites for hydroxylation is 1. The normalized spacial score (nSPS) is 18.9. The molecule has 4 nitrogen and oxygen atoms in total. The van der Waals surface area contributed by atoms with Gasteiger partial charge in [-0.2, -0.15) is 0 Å². The Bertz CT molecular complexity index is 580. The van der Waals surface area contributed by atoms with Gasteiger partial charge in [-0.1, -0.05) is 30.9 Å². The molecule has 0 saturated heterocycles. The second kappa shape index (κ2) is 6.02. The molecule has 0 amide bonds. The summed E-state index contributed by atoms with van der Waals surface area (Å²) in [5, 5.41) is 10.9. The van der Waals surface area contributed by atoms with Gasteiger partial charge in [0, 0.05) is 11.6 Å². The van der Waals surface area contributed by atoms with Gasteiger partial charge in [0.05, 0.1) is 10.5 Å². The van der Waals surface area contributed by atoms with Crippen molar-refractivity contribution >= 4 is 21.6 Å². The van der Waals surface area contributed by atoms with E-state index in [0.29, 0.717) is 23.4 Å². The summed E-state index contributed by atoms with van der Waals surface area (Å²) in [5.74, 6) is 0. The third-order valence-corrected chi connectivity index (χ3v) is 5.60. The molecule has 112 valence electrons. The molecule has 2 N–H and O–H groups in total. The van der Waals surface area contributed by atoms with Gasteiger partial charge in [-0.15, -0.1) is 0 Å². The predicted molar refractivity (Wildman–Crippen MR) is 79.4 cm³/mol. The van der Waals surface area contributed by atoms with Crippen molar-refractivity contribution in [2.24, 2.45) is 0 Å². The number of hydrogen-bond acceptors (Lipinski definition) is 3. The molecular weight excluding hydrogens is 298 g/mol. The molecule has 1 saturated carbocycles. The molecule has 0 aliphatic heterocycles. The highest BCUT2D eigenvalue weighted by atomic mass is 35.5. The van der Waals surface area contributed by atoms with Crippen molar-refractivity contribution in [2.75, 3.05) is 6.54 Å². The number of aliphatic hydroxyl groups is 1. The van der Waals surface area contributed by atoms with E-state index in [1.807, 2.05) is 0 Å². The fourth-order valence-electron chi connectivity index (χ4n) is 2.61. The maximum Gasteiger partial charge on any atom is 0.240 e. The van der Waals surface area contributed by atoms with E-state index in [0.717, 1.165) is 19.3 Å². The van der Waals surface area contributed by atoms with E-state index >= 15 is 0 Å². The number of hydrogen-bond donors (Lipinski definition) is 2. The zero-order valence-electron chi connectivity index (χ0n) is 11.5. The molecule has 1 aliphatic carbocycles. The van der Waals surface area contributed by atoms with E-state index < -0.39 is 15.6 Å². The molecule has 6 heteroatoms. The molecule has 1 aromatic rings. The van der Waals surface area contributed by atoms with Crippen molar-refractivity contribution in [1.82, 2.24) is 4.72 Å². The van der Waals surface area contributed by atoms with Crippen molar-refractivity contribution in [3.8, 4) is 0 Å². The summed E-state index contributed by atoms with van der Waals surface area (Å²) >= 11 is 5.83. The molecule has 0 radical (unpaired) electrons. The molecule has 0 heterocycles. The summed E-state index contributed by atoms with van der Waals surface area (Å²) in [7, 11) is -3.61. The van der Waals surface area contributed by atoms with Crippen LogP contribution >= 0.6 is 11.6 Å². The summed E-state index contributed by atoms with van der Waals surface area (Å²) in [5.41, 5.74) is -0.313. The van der Waals surface area contributed by atoms with Crippen LogP contribution in [0.25, 0.3) is 0 Å². The van der Waals surface area contributed by atoms with Crippen LogP contribution in [0, 0.1) is 6.92 Å². The average molecular weight is 318 g/mol. The highest BCUT2D eigenvalue weighted by Crippen LogP contribution is 2.28. The van der Waals surface area contributed by atoms with Gasteiger partial charge in [0.1, 0.15) is 0 Å². The van der Waals surface area contributed by atoms with Crippen LogP contribution in [0.1, 0.15) is 37.7 Å². The van der Waals surface area contributed by atoms with Gasteiger partial charge in [0.15, 0.2) is 0 Å². The fraction of sp³-hybridized carbons (Fsp3) is 0.571. The first-order valence-electron chi connectivity index (χ1n) is 6.81. The van der Waals surface area contributed by atoms with Gasteiger partial charge < -0.3 is 5.11 Å². The van der Waals surface area contributed by atoms with E-state index in [1.54, 1.807) is 19.1 Å². The first kappa shape index (κ1) is 15.8. The van der Waals surface area contributed by atoms with E-state index in [2.05, 4.69) is 4.72 Å². The molecule has 0 aromatic heterocycles. The second-order valence-corrected chi connectivity index (χ2v) is 7.69. The Labute approximate surface area is 125 Å². The number of rotatable bonds is 4. The maximum atomic E-state index is 12.3. The Balaban J connectivity index is 2.11. The molecule has 20 heavy (non-hydrogen) atoms. The lowest BCUT2D eigenvalue weighted by Crippen LogP contribution is -2.44. The topological polar surface area (TPSA) is 66.4 Å². The van der Waals surface area contributed by atoms with Crippen molar-refractivity contribution in [2.45, 2.75) is 49.5 Å². The number of benzene rings is 1. The maximum absolute atomic E-state index is 12.3. The third-order valence-electron chi connectivity index (χ3n) is 3.80. The van der Waals surface area contributed by atoms with Crippen molar-refractivity contribution in [3.05, 3.63) is 28.8 Å². The Morgan fingerprint density at radius 1 is 1.30 bits per heavy atom. The SMILES string of the molecule is Cc1cc(Cl)ccc1S(=O)(=O)NCC1(O)CCCCC1. The predicted octanol–water partition coefficient (Wildman–Crippen LogP) is 2.62. The molecular formula is C14H20ClNO3S. The van der Waals surface area contributed by atoms with Gasteiger partial charge in [-0.25, -0.2) is 13.1 Å². The minimum Gasteiger partial charge on any atom is -0.389 e. The standard InChI is InChI=1S/C14H20ClNO3S/c1-11-9-12(15)5-6-13(11)20(18,19)16-10-14(17)7-3-2-4-8-14/h5-6,9,16-17H,2-4,7-8,10H2,1H3. The Morgan fingerprint density at radius 2 is 1.95 bits per heavy atom. The Hall–Kier alpha value is -0.620. The lowest BCUT2D eigenvalue weighted by atomic mass is 9.85. The van der Waals surface area contributed by atoms with E-state index in [9.17, 15) is 13.5 Å². The highest BCUT2D eigenvalue weighted by molar-refractivity contribution is 7.89. The van der Waals surface area contributed by atoms with Crippen LogP contribution < -0.4 is 4.72 Å². The van der Waals surface area contributed by atoms with Gasteiger partial charge >= 0.3 is 0 Å². The molecule has 0 bridgehead atoms. The van der Waals surface area contributed by atoms with Crippen molar-refractivity contribution < 1.29 is 13.5 Å². The zero-order chi connectivity index (χ0) is 14.8. The number of sulfonamides is 1. The summed E-state index contributed by atoms with van der Waals surface area (Å²) in [6, 6.07) is 4.66. The van der Waals surface area contributed by atoms with E-state index in [1.165, 1.54) is 6.07 Å². The number of nitrogens with one attached hydrogen (secondary N) is 1. The van der Waals surface area contributed by atoms with Gasteiger partial charge in [-0.05, 0) is 43.5 Å². The first-order valence-corrected chi connectivity index (χ1v) is 8.67. The summed E-state index contributed by atoms with van der Waals surface area (Å²) in [4.78, 5) is 0.210. The van der Waals surface area contributed by atoms with E-state index in [4.69, 9.17) is 11.6 Å². The number of halogens is 1. The molecule has 0 atom stereocenters. The lowest BCUT2D eigenvalue weighted by Gasteiger charge is -2.32. The molecule has 2 rings (SSSR count). The van der Waals surface area contributed by atoms with Crippen LogP contribution in [0.4, 0.5) is 0 Å². The Morgan fingerprint density at radius 3 is 2.55 bits per heavy atom. The van der Waals surface area contributed by atoms with Crippen LogP contribution in [-0.2, 0) is 10.0 Å². The monoisotopic (exact) mass is 317 g/mol. The summed E-state index contributed by atoms with van der Waals surface area (Å²) in [6.45, 7) is 1.77. The minimum atomic E-state index is -3.61. The minimum absolute atomic E-state index is 0.0669. The van der Waals surface area contributed by atoms with Crippen LogP contribution in [-0.4, -0.2) is 25.7 Å². The summed E-state index contributed by atoms with van der Waals surface area (Å²) < 4.78 is 27.1. The van der Waals surface area contributed by atoms with Gasteiger partial charge in [0.25, 0.3) is 0 Å². The third kappa shape index (κ3) is 3.73. The molecule has 1 aromatic carbocycles. The molecule has 1 fully saturated rings. The molecule has 1 aliphatic rings. The quantitative estimate of drug-likeness (QED) is 0.897. The van der Waals surface area contributed by atoms with Crippen molar-refractivity contribution in [1.29, 1.82) is 0 Å². The van der Waals surface area contributed by atoms with Gasteiger partial charge in [0.2, 0.25) is 10.0 Å². The average Bonchev–Trinajstić information content (AvgIpc) is 2.37.